The fraction of sp³-hybridized carbons (Fsp3) is 0.276. The minimum absolute atomic E-state index is 0.0770. The van der Waals surface area contributed by atoms with Crippen molar-refractivity contribution in [1.82, 2.24) is 15.1 Å². The molecule has 196 valence electrons. The molecule has 1 N–H and O–H groups in total. The maximum Gasteiger partial charge on any atom is 0.240 e. The fourth-order valence-electron chi connectivity index (χ4n) is 4.41. The number of thioether (sulfide) groups is 1. The average Bonchev–Trinajstić information content (AvgIpc) is 3.58. The molecule has 2 amide bonds. The summed E-state index contributed by atoms with van der Waals surface area (Å²) < 4.78 is 7.17. The third-order valence-corrected chi connectivity index (χ3v) is 8.59. The Morgan fingerprint density at radius 2 is 1.87 bits per heavy atom. The zero-order valence-electron chi connectivity index (χ0n) is 21.6. The first-order chi connectivity index (χ1) is 18.5. The molecule has 0 saturated carbocycles. The summed E-state index contributed by atoms with van der Waals surface area (Å²) in [4.78, 5) is 29.5. The van der Waals surface area contributed by atoms with E-state index >= 15 is 0 Å². The summed E-state index contributed by atoms with van der Waals surface area (Å²) in [7, 11) is 1.63. The summed E-state index contributed by atoms with van der Waals surface area (Å²) in [6.45, 7) is 4.56. The van der Waals surface area contributed by atoms with Gasteiger partial charge in [-0.05, 0) is 41.6 Å². The number of hydrogen-bond donors (Lipinski definition) is 1. The van der Waals surface area contributed by atoms with E-state index in [1.807, 2.05) is 74.5 Å². The molecule has 4 aromatic rings. The number of benzene rings is 2. The number of aromatic nitrogens is 2. The highest BCUT2D eigenvalue weighted by molar-refractivity contribution is 8.00. The SMILES string of the molecule is COc1ccc(-n2nc(-c3ccccc3)c3c2N(CC(=O)NCC(C)C)C(=O)CS[C@@H]3c2cccs2)cc1. The van der Waals surface area contributed by atoms with Gasteiger partial charge in [0.15, 0.2) is 0 Å². The van der Waals surface area contributed by atoms with E-state index in [4.69, 9.17) is 9.84 Å². The van der Waals surface area contributed by atoms with Gasteiger partial charge in [-0.15, -0.1) is 23.1 Å². The van der Waals surface area contributed by atoms with Crippen LogP contribution in [0.3, 0.4) is 0 Å². The Balaban J connectivity index is 1.73. The summed E-state index contributed by atoms with van der Waals surface area (Å²) >= 11 is 3.24. The van der Waals surface area contributed by atoms with Crippen molar-refractivity contribution in [3.63, 3.8) is 0 Å². The molecule has 2 aromatic heterocycles. The molecule has 7 nitrogen and oxygen atoms in total. The molecular weight excluding hydrogens is 516 g/mol. The first-order valence-electron chi connectivity index (χ1n) is 12.5. The van der Waals surface area contributed by atoms with E-state index in [1.165, 1.54) is 0 Å². The van der Waals surface area contributed by atoms with E-state index in [9.17, 15) is 9.59 Å². The molecule has 1 atom stereocenters. The van der Waals surface area contributed by atoms with Crippen LogP contribution in [0.25, 0.3) is 16.9 Å². The molecule has 38 heavy (non-hydrogen) atoms. The Morgan fingerprint density at radius 1 is 1.11 bits per heavy atom. The third kappa shape index (κ3) is 5.35. The van der Waals surface area contributed by atoms with Gasteiger partial charge in [0.25, 0.3) is 0 Å². The van der Waals surface area contributed by atoms with E-state index in [-0.39, 0.29) is 29.4 Å². The van der Waals surface area contributed by atoms with Crippen molar-refractivity contribution in [3.05, 3.63) is 82.6 Å². The molecule has 0 spiro atoms. The molecule has 0 fully saturated rings. The molecule has 1 aliphatic heterocycles. The van der Waals surface area contributed by atoms with Gasteiger partial charge in [0.1, 0.15) is 18.1 Å². The van der Waals surface area contributed by atoms with Crippen LogP contribution in [0.2, 0.25) is 0 Å². The second-order valence-electron chi connectivity index (χ2n) is 9.45. The van der Waals surface area contributed by atoms with E-state index in [1.54, 1.807) is 39.8 Å². The summed E-state index contributed by atoms with van der Waals surface area (Å²) in [5, 5.41) is 10.0. The maximum absolute atomic E-state index is 13.7. The van der Waals surface area contributed by atoms with E-state index in [2.05, 4.69) is 16.8 Å². The lowest BCUT2D eigenvalue weighted by molar-refractivity contribution is -0.123. The summed E-state index contributed by atoms with van der Waals surface area (Å²) in [6, 6.07) is 21.7. The van der Waals surface area contributed by atoms with Crippen molar-refractivity contribution in [3.8, 4) is 22.7 Å². The Kier molecular flexibility index (Phi) is 7.85. The van der Waals surface area contributed by atoms with Gasteiger partial charge in [0.2, 0.25) is 11.8 Å². The number of methoxy groups -OCH3 is 1. The van der Waals surface area contributed by atoms with Gasteiger partial charge in [-0.1, -0.05) is 50.2 Å². The van der Waals surface area contributed by atoms with Gasteiger partial charge in [-0.25, -0.2) is 4.68 Å². The van der Waals surface area contributed by atoms with Crippen molar-refractivity contribution < 1.29 is 14.3 Å². The standard InChI is InChI=1S/C29H30N4O3S2/c1-19(2)16-30-24(34)17-32-25(35)18-38-28(23-10-7-15-37-23)26-27(20-8-5-4-6-9-20)31-33(29(26)32)21-11-13-22(36-3)14-12-21/h4-15,19,28H,16-18H2,1-3H3,(H,30,34)/t28-/m1/s1. The van der Waals surface area contributed by atoms with Crippen LogP contribution < -0.4 is 15.0 Å². The molecule has 5 rings (SSSR count). The monoisotopic (exact) mass is 546 g/mol. The van der Waals surface area contributed by atoms with Gasteiger partial charge < -0.3 is 10.1 Å². The number of amides is 2. The molecule has 2 aromatic carbocycles. The molecule has 9 heteroatoms. The first kappa shape index (κ1) is 26.1. The van der Waals surface area contributed by atoms with Crippen LogP contribution in [0, 0.1) is 5.92 Å². The summed E-state index contributed by atoms with van der Waals surface area (Å²) in [5.41, 5.74) is 3.46. The molecule has 3 heterocycles. The van der Waals surface area contributed by atoms with Crippen LogP contribution >= 0.6 is 23.1 Å². The highest BCUT2D eigenvalue weighted by Gasteiger charge is 2.38. The quantitative estimate of drug-likeness (QED) is 0.314. The van der Waals surface area contributed by atoms with E-state index in [0.717, 1.165) is 33.1 Å². The smallest absolute Gasteiger partial charge is 0.240 e. The van der Waals surface area contributed by atoms with Crippen LogP contribution in [0.4, 0.5) is 5.82 Å². The van der Waals surface area contributed by atoms with Gasteiger partial charge in [-0.2, -0.15) is 5.10 Å². The van der Waals surface area contributed by atoms with Crippen molar-refractivity contribution in [1.29, 1.82) is 0 Å². The molecular formula is C29H30N4O3S2. The van der Waals surface area contributed by atoms with Gasteiger partial charge >= 0.3 is 0 Å². The fourth-order valence-corrected chi connectivity index (χ4v) is 6.59. The average molecular weight is 547 g/mol. The number of rotatable bonds is 8. The van der Waals surface area contributed by atoms with Crippen LogP contribution in [-0.4, -0.2) is 47.5 Å². The number of nitrogens with zero attached hydrogens (tertiary/aromatic N) is 3. The minimum Gasteiger partial charge on any atom is -0.497 e. The second kappa shape index (κ2) is 11.4. The maximum atomic E-state index is 13.7. The highest BCUT2D eigenvalue weighted by Crippen LogP contribution is 2.49. The molecule has 0 saturated heterocycles. The van der Waals surface area contributed by atoms with Crippen LogP contribution in [0.5, 0.6) is 5.75 Å². The second-order valence-corrected chi connectivity index (χ2v) is 11.5. The molecule has 1 aliphatic rings. The topological polar surface area (TPSA) is 76.5 Å². The lowest BCUT2D eigenvalue weighted by atomic mass is 10.0. The van der Waals surface area contributed by atoms with Crippen LogP contribution in [-0.2, 0) is 9.59 Å². The largest absolute Gasteiger partial charge is 0.497 e. The van der Waals surface area contributed by atoms with Gasteiger partial charge in [-0.3, -0.25) is 14.5 Å². The van der Waals surface area contributed by atoms with E-state index in [0.29, 0.717) is 18.3 Å². The Labute approximate surface area is 230 Å². The van der Waals surface area contributed by atoms with Crippen molar-refractivity contribution in [2.45, 2.75) is 19.1 Å². The van der Waals surface area contributed by atoms with Crippen LogP contribution in [0.1, 0.15) is 29.5 Å². The van der Waals surface area contributed by atoms with Crippen molar-refractivity contribution in [2.24, 2.45) is 5.92 Å². The zero-order valence-corrected chi connectivity index (χ0v) is 23.2. The number of ether oxygens (including phenoxy) is 1. The third-order valence-electron chi connectivity index (χ3n) is 6.26. The number of fused-ring (bicyclic) bond motifs is 1. The van der Waals surface area contributed by atoms with Crippen molar-refractivity contribution >= 4 is 40.7 Å². The number of hydrogen-bond acceptors (Lipinski definition) is 6. The Bertz CT molecular complexity index is 1400. The molecule has 0 unspecified atom stereocenters. The first-order valence-corrected chi connectivity index (χ1v) is 14.4. The predicted octanol–water partition coefficient (Wildman–Crippen LogP) is 5.55. The zero-order chi connectivity index (χ0) is 26.6. The minimum atomic E-state index is -0.193. The lowest BCUT2D eigenvalue weighted by Crippen LogP contribution is -2.43. The summed E-state index contributed by atoms with van der Waals surface area (Å²) in [6.07, 6.45) is 0. The predicted molar refractivity (Wildman–Crippen MR) is 154 cm³/mol. The number of carbonyl (C=O) groups is 2. The molecule has 0 bridgehead atoms. The number of carbonyl (C=O) groups excluding carboxylic acids is 2. The normalized spacial score (nSPS) is 15.3. The Morgan fingerprint density at radius 3 is 2.53 bits per heavy atom. The van der Waals surface area contributed by atoms with Gasteiger partial charge in [0, 0.05) is 22.5 Å². The van der Waals surface area contributed by atoms with Crippen LogP contribution in [0.15, 0.2) is 72.1 Å². The number of thiophene rings is 1. The van der Waals surface area contributed by atoms with Gasteiger partial charge in [0.05, 0.1) is 29.5 Å². The van der Waals surface area contributed by atoms with Crippen molar-refractivity contribution in [2.75, 3.05) is 30.9 Å². The number of nitrogens with one attached hydrogen (secondary N) is 1. The molecule has 0 aliphatic carbocycles. The Hall–Kier alpha value is -3.56. The lowest BCUT2D eigenvalue weighted by Gasteiger charge is -2.23. The van der Waals surface area contributed by atoms with E-state index < -0.39 is 0 Å². The highest BCUT2D eigenvalue weighted by atomic mass is 32.2. The number of anilines is 1. The summed E-state index contributed by atoms with van der Waals surface area (Å²) in [5.74, 6) is 1.60. The molecule has 0 radical (unpaired) electrons.